The lowest BCUT2D eigenvalue weighted by Crippen LogP contribution is -2.05. The van der Waals surface area contributed by atoms with Crippen LogP contribution < -0.4 is 5.73 Å². The Hall–Kier alpha value is -1.28. The number of H-pyrrole nitrogens is 1. The molecule has 1 aromatic heterocycles. The molecule has 0 saturated heterocycles. The smallest absolute Gasteiger partial charge is 0.0459 e. The molecule has 0 aliphatic carbocycles. The molecule has 3 N–H and O–H groups in total. The van der Waals surface area contributed by atoms with Crippen LogP contribution in [0.25, 0.3) is 10.9 Å². The molecule has 0 unspecified atom stereocenters. The highest BCUT2D eigenvalue weighted by Gasteiger charge is 2.07. The van der Waals surface area contributed by atoms with E-state index in [9.17, 15) is 0 Å². The Morgan fingerprint density at radius 1 is 1.36 bits per heavy atom. The standard InChI is InChI=1S/C12H16N2/c1-8-7-12-11(4-6-14-12)10(3-5-13)9(8)2/h4,6-7,14H,3,5,13H2,1-2H3. The number of nitrogens with one attached hydrogen (secondary N) is 1. The maximum Gasteiger partial charge on any atom is 0.0459 e. The van der Waals surface area contributed by atoms with E-state index < -0.39 is 0 Å². The average Bonchev–Trinajstić information content (AvgIpc) is 2.60. The number of aryl methyl sites for hydroxylation is 1. The maximum atomic E-state index is 5.63. The Labute approximate surface area is 84.1 Å². The molecule has 2 aromatic rings. The summed E-state index contributed by atoms with van der Waals surface area (Å²) in [6.45, 7) is 5.03. The average molecular weight is 188 g/mol. The van der Waals surface area contributed by atoms with Crippen LogP contribution in [0.4, 0.5) is 0 Å². The number of fused-ring (bicyclic) bond motifs is 1. The lowest BCUT2D eigenvalue weighted by Gasteiger charge is -2.09. The van der Waals surface area contributed by atoms with Crippen LogP contribution in [-0.4, -0.2) is 11.5 Å². The van der Waals surface area contributed by atoms with Gasteiger partial charge in [0.15, 0.2) is 0 Å². The second-order valence-electron chi connectivity index (χ2n) is 3.77. The van der Waals surface area contributed by atoms with Crippen molar-refractivity contribution < 1.29 is 0 Å². The zero-order valence-electron chi connectivity index (χ0n) is 8.72. The fourth-order valence-electron chi connectivity index (χ4n) is 2.00. The van der Waals surface area contributed by atoms with Crippen molar-refractivity contribution in [3.05, 3.63) is 35.0 Å². The third-order valence-corrected chi connectivity index (χ3v) is 2.90. The first-order valence-corrected chi connectivity index (χ1v) is 5.00. The predicted molar refractivity (Wildman–Crippen MR) is 60.5 cm³/mol. The summed E-state index contributed by atoms with van der Waals surface area (Å²) in [5.41, 5.74) is 11.0. The van der Waals surface area contributed by atoms with Crippen molar-refractivity contribution in [2.75, 3.05) is 6.54 Å². The SMILES string of the molecule is Cc1cc2[nH]ccc2c(CCN)c1C. The third-order valence-electron chi connectivity index (χ3n) is 2.90. The van der Waals surface area contributed by atoms with Crippen LogP contribution in [0.3, 0.4) is 0 Å². The van der Waals surface area contributed by atoms with Crippen molar-refractivity contribution >= 4 is 10.9 Å². The zero-order chi connectivity index (χ0) is 10.1. The molecule has 0 fully saturated rings. The van der Waals surface area contributed by atoms with Crippen molar-refractivity contribution in [3.63, 3.8) is 0 Å². The molecular weight excluding hydrogens is 172 g/mol. The van der Waals surface area contributed by atoms with Gasteiger partial charge in [0.25, 0.3) is 0 Å². The van der Waals surface area contributed by atoms with Crippen molar-refractivity contribution in [1.29, 1.82) is 0 Å². The fourth-order valence-corrected chi connectivity index (χ4v) is 2.00. The molecule has 0 atom stereocenters. The number of aromatic amines is 1. The van der Waals surface area contributed by atoms with Gasteiger partial charge in [-0.3, -0.25) is 0 Å². The molecule has 0 amide bonds. The van der Waals surface area contributed by atoms with Gasteiger partial charge in [-0.25, -0.2) is 0 Å². The Kier molecular flexibility index (Phi) is 2.30. The lowest BCUT2D eigenvalue weighted by atomic mass is 9.97. The summed E-state index contributed by atoms with van der Waals surface area (Å²) in [5, 5.41) is 1.32. The van der Waals surface area contributed by atoms with Crippen molar-refractivity contribution in [1.82, 2.24) is 4.98 Å². The van der Waals surface area contributed by atoms with Gasteiger partial charge >= 0.3 is 0 Å². The number of rotatable bonds is 2. The molecule has 0 radical (unpaired) electrons. The van der Waals surface area contributed by atoms with Gasteiger partial charge in [-0.05, 0) is 55.6 Å². The summed E-state index contributed by atoms with van der Waals surface area (Å²) >= 11 is 0. The highest BCUT2D eigenvalue weighted by Crippen LogP contribution is 2.24. The quantitative estimate of drug-likeness (QED) is 0.746. The minimum absolute atomic E-state index is 0.713. The summed E-state index contributed by atoms with van der Waals surface area (Å²) in [6, 6.07) is 4.33. The maximum absolute atomic E-state index is 5.63. The van der Waals surface area contributed by atoms with Gasteiger partial charge in [0, 0.05) is 17.1 Å². The normalized spacial score (nSPS) is 11.1. The van der Waals surface area contributed by atoms with E-state index in [1.807, 2.05) is 6.20 Å². The first-order valence-electron chi connectivity index (χ1n) is 5.00. The van der Waals surface area contributed by atoms with E-state index in [2.05, 4.69) is 31.0 Å². The first-order chi connectivity index (χ1) is 6.74. The topological polar surface area (TPSA) is 41.8 Å². The molecule has 0 aliphatic rings. The van der Waals surface area contributed by atoms with Crippen LogP contribution in [0.2, 0.25) is 0 Å². The van der Waals surface area contributed by atoms with Crippen molar-refractivity contribution in [2.45, 2.75) is 20.3 Å². The Morgan fingerprint density at radius 2 is 2.14 bits per heavy atom. The molecule has 2 heteroatoms. The molecule has 14 heavy (non-hydrogen) atoms. The summed E-state index contributed by atoms with van der Waals surface area (Å²) in [7, 11) is 0. The number of hydrogen-bond acceptors (Lipinski definition) is 1. The van der Waals surface area contributed by atoms with E-state index in [-0.39, 0.29) is 0 Å². The monoisotopic (exact) mass is 188 g/mol. The molecule has 2 rings (SSSR count). The van der Waals surface area contributed by atoms with Crippen molar-refractivity contribution in [2.24, 2.45) is 5.73 Å². The van der Waals surface area contributed by atoms with Crippen LogP contribution in [0.15, 0.2) is 18.3 Å². The summed E-state index contributed by atoms with van der Waals surface area (Å²) in [4.78, 5) is 3.25. The number of benzene rings is 1. The number of aromatic nitrogens is 1. The zero-order valence-corrected chi connectivity index (χ0v) is 8.72. The van der Waals surface area contributed by atoms with E-state index in [4.69, 9.17) is 5.73 Å². The number of hydrogen-bond donors (Lipinski definition) is 2. The molecule has 0 bridgehead atoms. The van der Waals surface area contributed by atoms with Crippen LogP contribution in [-0.2, 0) is 6.42 Å². The summed E-state index contributed by atoms with van der Waals surface area (Å²) < 4.78 is 0. The molecule has 0 saturated carbocycles. The first kappa shape index (κ1) is 9.28. The highest BCUT2D eigenvalue weighted by atomic mass is 14.7. The van der Waals surface area contributed by atoms with E-state index in [1.165, 1.54) is 27.6 Å². The largest absolute Gasteiger partial charge is 0.361 e. The van der Waals surface area contributed by atoms with E-state index in [0.717, 1.165) is 6.42 Å². The van der Waals surface area contributed by atoms with Gasteiger partial charge < -0.3 is 10.7 Å². The van der Waals surface area contributed by atoms with Crippen LogP contribution in [0.1, 0.15) is 16.7 Å². The van der Waals surface area contributed by atoms with Gasteiger partial charge in [-0.15, -0.1) is 0 Å². The van der Waals surface area contributed by atoms with Gasteiger partial charge in [0.1, 0.15) is 0 Å². The minimum Gasteiger partial charge on any atom is -0.361 e. The van der Waals surface area contributed by atoms with E-state index in [1.54, 1.807) is 0 Å². The van der Waals surface area contributed by atoms with E-state index in [0.29, 0.717) is 6.54 Å². The lowest BCUT2D eigenvalue weighted by molar-refractivity contribution is 0.964. The Bertz CT molecular complexity index is 455. The molecule has 1 aromatic carbocycles. The van der Waals surface area contributed by atoms with Gasteiger partial charge in [0.2, 0.25) is 0 Å². The van der Waals surface area contributed by atoms with Crippen LogP contribution in [0.5, 0.6) is 0 Å². The number of nitrogens with two attached hydrogens (primary N) is 1. The van der Waals surface area contributed by atoms with Crippen LogP contribution >= 0.6 is 0 Å². The molecule has 74 valence electrons. The predicted octanol–water partition coefficient (Wildman–Crippen LogP) is 2.29. The molecule has 2 nitrogen and oxygen atoms in total. The Balaban J connectivity index is 2.73. The van der Waals surface area contributed by atoms with E-state index >= 15 is 0 Å². The second-order valence-corrected chi connectivity index (χ2v) is 3.77. The minimum atomic E-state index is 0.713. The molecule has 0 spiro atoms. The Morgan fingerprint density at radius 3 is 2.86 bits per heavy atom. The van der Waals surface area contributed by atoms with Gasteiger partial charge in [-0.1, -0.05) is 0 Å². The molecule has 0 aliphatic heterocycles. The second kappa shape index (κ2) is 3.46. The summed E-state index contributed by atoms with van der Waals surface area (Å²) in [6.07, 6.45) is 2.95. The third kappa shape index (κ3) is 1.32. The van der Waals surface area contributed by atoms with Gasteiger partial charge in [-0.2, -0.15) is 0 Å². The molecular formula is C12H16N2. The molecule has 1 heterocycles. The van der Waals surface area contributed by atoms with Gasteiger partial charge in [0.05, 0.1) is 0 Å². The fraction of sp³-hybridized carbons (Fsp3) is 0.333. The van der Waals surface area contributed by atoms with Crippen molar-refractivity contribution in [3.8, 4) is 0 Å². The summed E-state index contributed by atoms with van der Waals surface area (Å²) in [5.74, 6) is 0. The van der Waals surface area contributed by atoms with Crippen LogP contribution in [0, 0.1) is 13.8 Å². The highest BCUT2D eigenvalue weighted by molar-refractivity contribution is 5.85.